The lowest BCUT2D eigenvalue weighted by molar-refractivity contribution is -0.137. The Morgan fingerprint density at radius 2 is 1.74 bits per heavy atom. The minimum atomic E-state index is -4.50. The van der Waals surface area contributed by atoms with Gasteiger partial charge in [-0.1, -0.05) is 35.9 Å². The van der Waals surface area contributed by atoms with Gasteiger partial charge in [0.25, 0.3) is 5.56 Å². The van der Waals surface area contributed by atoms with Crippen molar-refractivity contribution in [3.63, 3.8) is 0 Å². The number of benzene rings is 3. The van der Waals surface area contributed by atoms with Crippen LogP contribution in [0.2, 0.25) is 5.02 Å². The van der Waals surface area contributed by atoms with Gasteiger partial charge in [-0.3, -0.25) is 14.2 Å². The fraction of sp³-hybridized carbons (Fsp3) is 0.160. The molecule has 0 unspecified atom stereocenters. The fourth-order valence-corrected chi connectivity index (χ4v) is 3.91. The van der Waals surface area contributed by atoms with Gasteiger partial charge in [-0.15, -0.1) is 0 Å². The van der Waals surface area contributed by atoms with Crippen LogP contribution in [0.25, 0.3) is 16.6 Å². The molecule has 0 radical (unpaired) electrons. The molecule has 0 aliphatic heterocycles. The average molecular weight is 502 g/mol. The van der Waals surface area contributed by atoms with Gasteiger partial charge in [0.2, 0.25) is 5.91 Å². The lowest BCUT2D eigenvalue weighted by Gasteiger charge is -2.15. The number of hydrogen-bond acceptors (Lipinski definition) is 3. The summed E-state index contributed by atoms with van der Waals surface area (Å²) < 4.78 is 40.9. The minimum Gasteiger partial charge on any atom is -0.350 e. The molecule has 1 aromatic heterocycles. The summed E-state index contributed by atoms with van der Waals surface area (Å²) in [6, 6.07) is 15.8. The van der Waals surface area contributed by atoms with Crippen LogP contribution in [0, 0.1) is 6.92 Å². The van der Waals surface area contributed by atoms with E-state index in [2.05, 4.69) is 5.32 Å². The molecule has 0 aliphatic rings. The second-order valence-electron chi connectivity index (χ2n) is 7.98. The van der Waals surface area contributed by atoms with Gasteiger partial charge in [0.15, 0.2) is 0 Å². The number of nitrogens with one attached hydrogen (secondary N) is 1. The number of fused-ring (bicyclic) bond motifs is 1. The van der Waals surface area contributed by atoms with Gasteiger partial charge in [-0.05, 0) is 60.5 Å². The number of carbonyl (C=O) groups is 1. The van der Waals surface area contributed by atoms with Crippen molar-refractivity contribution < 1.29 is 18.0 Å². The summed E-state index contributed by atoms with van der Waals surface area (Å²) in [5.41, 5.74) is -0.544. The van der Waals surface area contributed by atoms with Crippen LogP contribution in [0.3, 0.4) is 0 Å². The second kappa shape index (κ2) is 9.42. The van der Waals surface area contributed by atoms with Gasteiger partial charge in [0.05, 0.1) is 22.2 Å². The van der Waals surface area contributed by atoms with E-state index in [1.54, 1.807) is 18.2 Å². The molecular formula is C25H19ClF3N3O3. The zero-order valence-corrected chi connectivity index (χ0v) is 19.2. The third-order valence-corrected chi connectivity index (χ3v) is 5.65. The van der Waals surface area contributed by atoms with Crippen LogP contribution in [0.15, 0.2) is 76.3 Å². The molecule has 4 aromatic rings. The Morgan fingerprint density at radius 3 is 2.46 bits per heavy atom. The highest BCUT2D eigenvalue weighted by Crippen LogP contribution is 2.29. The van der Waals surface area contributed by atoms with E-state index in [0.29, 0.717) is 5.69 Å². The molecule has 0 saturated heterocycles. The number of amides is 1. The molecule has 1 amide bonds. The molecule has 0 fully saturated rings. The molecule has 10 heteroatoms. The first-order valence-corrected chi connectivity index (χ1v) is 10.9. The second-order valence-corrected chi connectivity index (χ2v) is 8.42. The minimum absolute atomic E-state index is 0.172. The van der Waals surface area contributed by atoms with Crippen LogP contribution in [0.4, 0.5) is 13.2 Å². The molecule has 0 bridgehead atoms. The van der Waals surface area contributed by atoms with E-state index >= 15 is 0 Å². The maximum absolute atomic E-state index is 13.4. The summed E-state index contributed by atoms with van der Waals surface area (Å²) >= 11 is 6.09. The fourth-order valence-electron chi connectivity index (χ4n) is 3.75. The van der Waals surface area contributed by atoms with Crippen molar-refractivity contribution in [3.8, 4) is 5.69 Å². The largest absolute Gasteiger partial charge is 0.416 e. The topological polar surface area (TPSA) is 73.1 Å². The van der Waals surface area contributed by atoms with Crippen molar-refractivity contribution in [1.29, 1.82) is 0 Å². The Labute approximate surface area is 202 Å². The lowest BCUT2D eigenvalue weighted by Crippen LogP contribution is -2.41. The smallest absolute Gasteiger partial charge is 0.350 e. The van der Waals surface area contributed by atoms with Crippen molar-refractivity contribution in [2.45, 2.75) is 26.2 Å². The number of rotatable bonds is 5. The van der Waals surface area contributed by atoms with Crippen LogP contribution in [0.5, 0.6) is 0 Å². The Kier molecular flexibility index (Phi) is 6.53. The van der Waals surface area contributed by atoms with E-state index in [-0.39, 0.29) is 28.0 Å². The van der Waals surface area contributed by atoms with Crippen LogP contribution in [-0.2, 0) is 24.1 Å². The summed E-state index contributed by atoms with van der Waals surface area (Å²) in [5, 5.41) is 2.98. The van der Waals surface area contributed by atoms with Gasteiger partial charge in [-0.25, -0.2) is 9.36 Å². The summed E-state index contributed by atoms with van der Waals surface area (Å²) in [6.07, 6.45) is -4.50. The number of carbonyl (C=O) groups excluding carboxylic acids is 1. The Balaban J connectivity index is 1.71. The van der Waals surface area contributed by atoms with Crippen molar-refractivity contribution in [1.82, 2.24) is 14.5 Å². The Hall–Kier alpha value is -3.85. The van der Waals surface area contributed by atoms with Crippen LogP contribution < -0.4 is 16.6 Å². The van der Waals surface area contributed by atoms with Gasteiger partial charge < -0.3 is 5.32 Å². The van der Waals surface area contributed by atoms with Gasteiger partial charge in [-0.2, -0.15) is 13.2 Å². The molecule has 0 atom stereocenters. The van der Waals surface area contributed by atoms with Crippen molar-refractivity contribution in [3.05, 3.63) is 109 Å². The monoisotopic (exact) mass is 501 g/mol. The molecule has 1 N–H and O–H groups in total. The van der Waals surface area contributed by atoms with E-state index in [9.17, 15) is 27.6 Å². The standard InChI is InChI=1S/C25H19ClF3N3O3/c1-15-4-2-7-19(10-15)32-23(34)20-9-8-18(26)12-21(20)31(24(32)35)14-22(33)30-13-16-5-3-6-17(11-16)25(27,28)29/h2-12H,13-14H2,1H3,(H,30,33). The molecule has 4 rings (SSSR count). The Bertz CT molecular complexity index is 1560. The number of halogens is 4. The van der Waals surface area contributed by atoms with E-state index < -0.39 is 35.4 Å². The summed E-state index contributed by atoms with van der Waals surface area (Å²) in [7, 11) is 0. The zero-order valence-electron chi connectivity index (χ0n) is 18.4. The van der Waals surface area contributed by atoms with Crippen molar-refractivity contribution in [2.24, 2.45) is 0 Å². The number of hydrogen-bond donors (Lipinski definition) is 1. The molecule has 0 spiro atoms. The molecule has 0 aliphatic carbocycles. The molecular weight excluding hydrogens is 483 g/mol. The third-order valence-electron chi connectivity index (χ3n) is 5.41. The van der Waals surface area contributed by atoms with Crippen LogP contribution in [-0.4, -0.2) is 15.0 Å². The van der Waals surface area contributed by atoms with E-state index in [1.165, 1.54) is 30.3 Å². The number of alkyl halides is 3. The highest BCUT2D eigenvalue weighted by molar-refractivity contribution is 6.31. The summed E-state index contributed by atoms with van der Waals surface area (Å²) in [4.78, 5) is 39.2. The molecule has 180 valence electrons. The quantitative estimate of drug-likeness (QED) is 0.439. The number of nitrogens with zero attached hydrogens (tertiary/aromatic N) is 2. The molecule has 3 aromatic carbocycles. The first-order chi connectivity index (χ1) is 16.5. The lowest BCUT2D eigenvalue weighted by atomic mass is 10.1. The van der Waals surface area contributed by atoms with E-state index in [4.69, 9.17) is 11.6 Å². The van der Waals surface area contributed by atoms with Gasteiger partial charge >= 0.3 is 11.9 Å². The average Bonchev–Trinajstić information content (AvgIpc) is 2.80. The SMILES string of the molecule is Cc1cccc(-n2c(=O)c3ccc(Cl)cc3n(CC(=O)NCc3cccc(C(F)(F)F)c3)c2=O)c1. The van der Waals surface area contributed by atoms with E-state index in [0.717, 1.165) is 26.8 Å². The van der Waals surface area contributed by atoms with Crippen molar-refractivity contribution in [2.75, 3.05) is 0 Å². The van der Waals surface area contributed by atoms with Crippen LogP contribution in [0.1, 0.15) is 16.7 Å². The highest BCUT2D eigenvalue weighted by Gasteiger charge is 2.30. The summed E-state index contributed by atoms with van der Waals surface area (Å²) in [5.74, 6) is -0.625. The predicted octanol–water partition coefficient (Wildman–Crippen LogP) is 4.45. The van der Waals surface area contributed by atoms with E-state index in [1.807, 2.05) is 13.0 Å². The zero-order chi connectivity index (χ0) is 25.3. The van der Waals surface area contributed by atoms with Gasteiger partial charge in [0.1, 0.15) is 6.54 Å². The summed E-state index contributed by atoms with van der Waals surface area (Å²) in [6.45, 7) is 1.17. The maximum atomic E-state index is 13.4. The maximum Gasteiger partial charge on any atom is 0.416 e. The normalized spacial score (nSPS) is 11.6. The molecule has 0 saturated carbocycles. The number of aryl methyl sites for hydroxylation is 1. The first-order valence-electron chi connectivity index (χ1n) is 10.5. The number of aromatic nitrogens is 2. The highest BCUT2D eigenvalue weighted by atomic mass is 35.5. The Morgan fingerprint density at radius 1 is 1.00 bits per heavy atom. The molecule has 35 heavy (non-hydrogen) atoms. The van der Waals surface area contributed by atoms with Crippen molar-refractivity contribution >= 4 is 28.4 Å². The third kappa shape index (κ3) is 5.14. The van der Waals surface area contributed by atoms with Gasteiger partial charge in [0, 0.05) is 11.6 Å². The predicted molar refractivity (Wildman–Crippen MR) is 127 cm³/mol. The molecule has 6 nitrogen and oxygen atoms in total. The first kappa shape index (κ1) is 24.3. The molecule has 1 heterocycles. The van der Waals surface area contributed by atoms with Crippen LogP contribution >= 0.6 is 11.6 Å².